The molecule has 6 nitrogen and oxygen atoms in total. The Morgan fingerprint density at radius 1 is 1.22 bits per heavy atom. The number of amides is 1. The van der Waals surface area contributed by atoms with Crippen molar-refractivity contribution in [1.29, 1.82) is 0 Å². The third kappa shape index (κ3) is 4.93. The summed E-state index contributed by atoms with van der Waals surface area (Å²) in [6.07, 6.45) is 4.53. The van der Waals surface area contributed by atoms with Crippen molar-refractivity contribution in [2.45, 2.75) is 51.1 Å². The molecule has 3 N–H and O–H groups in total. The van der Waals surface area contributed by atoms with E-state index in [4.69, 9.17) is 5.14 Å². The number of rotatable bonds is 5. The van der Waals surface area contributed by atoms with Crippen molar-refractivity contribution in [3.63, 3.8) is 0 Å². The average Bonchev–Trinajstić information content (AvgIpc) is 3.19. The van der Waals surface area contributed by atoms with Crippen LogP contribution in [0.1, 0.15) is 71.1 Å². The first-order valence-electron chi connectivity index (χ1n) is 12.5. The van der Waals surface area contributed by atoms with Gasteiger partial charge in [0, 0.05) is 24.5 Å². The first kappa shape index (κ1) is 25.9. The number of primary sulfonamides is 1. The number of halogens is 3. The van der Waals surface area contributed by atoms with E-state index in [-0.39, 0.29) is 23.6 Å². The molecule has 37 heavy (non-hydrogen) atoms. The molecule has 1 fully saturated rings. The van der Waals surface area contributed by atoms with E-state index in [9.17, 15) is 26.4 Å². The zero-order valence-electron chi connectivity index (χ0n) is 20.5. The van der Waals surface area contributed by atoms with Crippen LogP contribution >= 0.6 is 0 Å². The van der Waals surface area contributed by atoms with Gasteiger partial charge in [0.05, 0.1) is 11.3 Å². The van der Waals surface area contributed by atoms with Gasteiger partial charge in [0.1, 0.15) is 0 Å². The van der Waals surface area contributed by atoms with Crippen molar-refractivity contribution >= 4 is 21.5 Å². The molecular weight excluding hydrogens is 503 g/mol. The minimum absolute atomic E-state index is 0.0452. The number of benzene rings is 1. The number of fused-ring (bicyclic) bond motifs is 5. The van der Waals surface area contributed by atoms with E-state index in [0.29, 0.717) is 28.9 Å². The molecule has 1 saturated carbocycles. The van der Waals surface area contributed by atoms with Gasteiger partial charge in [-0.2, -0.15) is 13.2 Å². The number of allylic oxidation sites excluding steroid dienone is 2. The van der Waals surface area contributed by atoms with Crippen LogP contribution in [-0.4, -0.2) is 31.6 Å². The number of aromatic nitrogens is 1. The fourth-order valence-corrected chi connectivity index (χ4v) is 7.28. The monoisotopic (exact) mass is 533 g/mol. The van der Waals surface area contributed by atoms with E-state index >= 15 is 0 Å². The molecule has 0 aliphatic heterocycles. The number of nitrogens with two attached hydrogens (primary N) is 1. The van der Waals surface area contributed by atoms with Crippen LogP contribution in [-0.2, 0) is 22.6 Å². The van der Waals surface area contributed by atoms with Gasteiger partial charge in [-0.05, 0) is 95.7 Å². The minimum Gasteiger partial charge on any atom is -0.351 e. The molecule has 1 aromatic carbocycles. The summed E-state index contributed by atoms with van der Waals surface area (Å²) in [4.78, 5) is 16.4. The number of hydrogen-bond donors (Lipinski definition) is 2. The number of aryl methyl sites for hydroxylation is 1. The minimum atomic E-state index is -4.43. The van der Waals surface area contributed by atoms with E-state index in [0.717, 1.165) is 49.4 Å². The fourth-order valence-electron chi connectivity index (χ4n) is 6.89. The van der Waals surface area contributed by atoms with Crippen LogP contribution < -0.4 is 10.5 Å². The highest BCUT2D eigenvalue weighted by Gasteiger charge is 2.52. The van der Waals surface area contributed by atoms with Crippen LogP contribution in [0, 0.1) is 17.3 Å². The number of nitrogens with zero attached hydrogens (tertiary/aromatic N) is 1. The van der Waals surface area contributed by atoms with Gasteiger partial charge in [0.15, 0.2) is 0 Å². The molecule has 3 aliphatic carbocycles. The molecule has 3 aliphatic rings. The molecule has 2 aromatic rings. The van der Waals surface area contributed by atoms with Crippen LogP contribution in [0.4, 0.5) is 13.2 Å². The lowest BCUT2D eigenvalue weighted by molar-refractivity contribution is -0.137. The summed E-state index contributed by atoms with van der Waals surface area (Å²) >= 11 is 0. The summed E-state index contributed by atoms with van der Waals surface area (Å²) in [6.45, 7) is 2.15. The maximum atomic E-state index is 13.3. The Hall–Kier alpha value is -2.72. The maximum absolute atomic E-state index is 13.3. The van der Waals surface area contributed by atoms with Gasteiger partial charge in [-0.1, -0.05) is 19.1 Å². The molecule has 5 rings (SSSR count). The van der Waals surface area contributed by atoms with Crippen LogP contribution in [0.15, 0.2) is 42.7 Å². The van der Waals surface area contributed by atoms with Gasteiger partial charge in [0.25, 0.3) is 5.91 Å². The lowest BCUT2D eigenvalue weighted by Gasteiger charge is -2.50. The zero-order valence-corrected chi connectivity index (χ0v) is 21.3. The summed E-state index contributed by atoms with van der Waals surface area (Å²) in [5.41, 5.74) is 3.50. The molecule has 1 aromatic heterocycles. The first-order valence-corrected chi connectivity index (χ1v) is 14.2. The van der Waals surface area contributed by atoms with E-state index in [1.165, 1.54) is 11.6 Å². The van der Waals surface area contributed by atoms with E-state index in [1.54, 1.807) is 12.3 Å². The summed E-state index contributed by atoms with van der Waals surface area (Å²) in [5.74, 6) is 0.441. The summed E-state index contributed by atoms with van der Waals surface area (Å²) in [6, 6.07) is 6.93. The second kappa shape index (κ2) is 9.23. The maximum Gasteiger partial charge on any atom is 0.417 e. The van der Waals surface area contributed by atoms with Crippen molar-refractivity contribution in [2.24, 2.45) is 22.4 Å². The van der Waals surface area contributed by atoms with Gasteiger partial charge in [0.2, 0.25) is 10.0 Å². The molecule has 0 saturated heterocycles. The van der Waals surface area contributed by atoms with Crippen LogP contribution in [0.2, 0.25) is 0 Å². The van der Waals surface area contributed by atoms with Crippen molar-refractivity contribution in [3.05, 3.63) is 70.6 Å². The molecule has 0 bridgehead atoms. The zero-order chi connectivity index (χ0) is 26.6. The highest BCUT2D eigenvalue weighted by molar-refractivity contribution is 7.89. The molecular formula is C27H30F3N3O3S. The SMILES string of the molecule is CC12CCC3c4ccc(C(=O)NCCS(N)(=O)=O)cc4CCC3C1CC=C2c1cncc(C(F)(F)F)c1. The lowest BCUT2D eigenvalue weighted by atomic mass is 9.54. The lowest BCUT2D eigenvalue weighted by Crippen LogP contribution is -2.41. The van der Waals surface area contributed by atoms with Crippen LogP contribution in [0.25, 0.3) is 5.57 Å². The van der Waals surface area contributed by atoms with Crippen molar-refractivity contribution in [3.8, 4) is 0 Å². The predicted molar refractivity (Wildman–Crippen MR) is 134 cm³/mol. The van der Waals surface area contributed by atoms with Crippen molar-refractivity contribution < 1.29 is 26.4 Å². The van der Waals surface area contributed by atoms with Crippen molar-refractivity contribution in [2.75, 3.05) is 12.3 Å². The molecule has 10 heteroatoms. The topological polar surface area (TPSA) is 102 Å². The van der Waals surface area contributed by atoms with E-state index < -0.39 is 21.8 Å². The van der Waals surface area contributed by atoms with E-state index in [2.05, 4.69) is 23.3 Å². The number of sulfonamides is 1. The van der Waals surface area contributed by atoms with Gasteiger partial charge in [-0.15, -0.1) is 0 Å². The summed E-state index contributed by atoms with van der Waals surface area (Å²) < 4.78 is 62.2. The Kier molecular flexibility index (Phi) is 6.47. The predicted octanol–water partition coefficient (Wildman–Crippen LogP) is 4.67. The fraction of sp³-hybridized carbons (Fsp3) is 0.481. The number of carbonyl (C=O) groups is 1. The Morgan fingerprint density at radius 3 is 2.73 bits per heavy atom. The Bertz CT molecular complexity index is 1370. The third-order valence-electron chi connectivity index (χ3n) is 8.62. The van der Waals surface area contributed by atoms with Crippen molar-refractivity contribution in [1.82, 2.24) is 10.3 Å². The smallest absolute Gasteiger partial charge is 0.351 e. The summed E-state index contributed by atoms with van der Waals surface area (Å²) in [7, 11) is -3.64. The number of hydrogen-bond acceptors (Lipinski definition) is 4. The molecule has 1 heterocycles. The molecule has 1 amide bonds. The second-order valence-corrected chi connectivity index (χ2v) is 12.5. The van der Waals surface area contributed by atoms with Gasteiger partial charge in [-0.25, -0.2) is 13.6 Å². The third-order valence-corrected chi connectivity index (χ3v) is 9.39. The quantitative estimate of drug-likeness (QED) is 0.583. The number of nitrogens with one attached hydrogen (secondary N) is 1. The largest absolute Gasteiger partial charge is 0.417 e. The highest BCUT2D eigenvalue weighted by Crippen LogP contribution is 2.63. The van der Waals surface area contributed by atoms with E-state index in [1.807, 2.05) is 12.1 Å². The molecule has 0 spiro atoms. The van der Waals surface area contributed by atoms with Gasteiger partial charge in [-0.3, -0.25) is 9.78 Å². The average molecular weight is 534 g/mol. The Labute approximate surface area is 214 Å². The number of alkyl halides is 3. The van der Waals surface area contributed by atoms with Crippen LogP contribution in [0.3, 0.4) is 0 Å². The first-order chi connectivity index (χ1) is 17.4. The molecule has 4 unspecified atom stereocenters. The molecule has 0 radical (unpaired) electrons. The highest BCUT2D eigenvalue weighted by atomic mass is 32.2. The Balaban J connectivity index is 1.33. The number of pyridine rings is 1. The van der Waals surface area contributed by atoms with Crippen LogP contribution in [0.5, 0.6) is 0 Å². The standard InChI is InChI=1S/C27H30F3N3O3S/c1-26-9-8-21-20-4-3-17(25(34)33-10-11-37(31,35)36)12-16(20)2-5-22(21)24(26)7-6-23(26)18-13-19(15-32-14-18)27(28,29)30/h3-4,6,12-15,21-22,24H,2,5,7-11H2,1H3,(H,33,34)(H2,31,35,36). The molecule has 4 atom stereocenters. The van der Waals surface area contributed by atoms with Gasteiger partial charge < -0.3 is 5.32 Å². The molecule has 198 valence electrons. The number of carbonyl (C=O) groups excluding carboxylic acids is 1. The summed E-state index contributed by atoms with van der Waals surface area (Å²) in [5, 5.41) is 7.60. The second-order valence-electron chi connectivity index (χ2n) is 10.7. The van der Waals surface area contributed by atoms with Gasteiger partial charge >= 0.3 is 6.18 Å². The Morgan fingerprint density at radius 2 is 2.00 bits per heavy atom. The normalized spacial score (nSPS) is 27.1.